The molecule has 0 fully saturated rings. The highest BCUT2D eigenvalue weighted by Gasteiger charge is 2.09. The number of halogens is 1. The summed E-state index contributed by atoms with van der Waals surface area (Å²) in [6.45, 7) is 2.33. The van der Waals surface area contributed by atoms with Crippen LogP contribution in [0.2, 0.25) is 5.02 Å². The summed E-state index contributed by atoms with van der Waals surface area (Å²) in [6, 6.07) is 6.75. The monoisotopic (exact) mass is 279 g/mol. The second kappa shape index (κ2) is 6.33. The Bertz CT molecular complexity index is 525. The highest BCUT2D eigenvalue weighted by Crippen LogP contribution is 2.12. The lowest BCUT2D eigenvalue weighted by atomic mass is 10.2. The molecule has 19 heavy (non-hydrogen) atoms. The van der Waals surface area contributed by atoms with Gasteiger partial charge in [0.25, 0.3) is 0 Å². The van der Waals surface area contributed by atoms with Gasteiger partial charge in [-0.15, -0.1) is 0 Å². The van der Waals surface area contributed by atoms with Crippen LogP contribution < -0.4 is 0 Å². The number of hydrogen-bond donors (Lipinski definition) is 0. The Hall–Kier alpha value is -1.88. The Morgan fingerprint density at radius 1 is 1.42 bits per heavy atom. The van der Waals surface area contributed by atoms with Crippen molar-refractivity contribution < 1.29 is 9.53 Å². The third-order valence-corrected chi connectivity index (χ3v) is 2.99. The van der Waals surface area contributed by atoms with Crippen LogP contribution in [0.3, 0.4) is 0 Å². The molecular formula is C13H14ClN3O2. The molecule has 1 aromatic carbocycles. The van der Waals surface area contributed by atoms with Gasteiger partial charge in [-0.2, -0.15) is 5.10 Å². The van der Waals surface area contributed by atoms with E-state index < -0.39 is 0 Å². The summed E-state index contributed by atoms with van der Waals surface area (Å²) < 4.78 is 6.93. The maximum atomic E-state index is 11.7. The van der Waals surface area contributed by atoms with Crippen molar-refractivity contribution in [2.75, 3.05) is 6.61 Å². The van der Waals surface area contributed by atoms with Gasteiger partial charge in [-0.1, -0.05) is 11.6 Å². The molecule has 1 aromatic heterocycles. The van der Waals surface area contributed by atoms with Crippen LogP contribution in [0.1, 0.15) is 29.7 Å². The minimum absolute atomic E-state index is 0.139. The summed E-state index contributed by atoms with van der Waals surface area (Å²) in [6.07, 6.45) is 3.81. The second-order valence-electron chi connectivity index (χ2n) is 4.16. The van der Waals surface area contributed by atoms with Crippen molar-refractivity contribution in [3.05, 3.63) is 47.5 Å². The lowest BCUT2D eigenvalue weighted by Crippen LogP contribution is -2.12. The summed E-state index contributed by atoms with van der Waals surface area (Å²) in [5, 5.41) is 4.63. The maximum Gasteiger partial charge on any atom is 0.338 e. The molecule has 0 N–H and O–H groups in total. The van der Waals surface area contributed by atoms with Gasteiger partial charge in [0.1, 0.15) is 12.7 Å². The standard InChI is InChI=1S/C13H14ClN3O2/c1-10(17-9-15-8-16-17)6-7-19-13(18)11-2-4-12(14)5-3-11/h2-5,8-10H,6-7H2,1H3/t10-/m1/s1. The van der Waals surface area contributed by atoms with Crippen molar-refractivity contribution in [3.8, 4) is 0 Å². The Labute approximate surface area is 116 Å². The first-order valence-corrected chi connectivity index (χ1v) is 6.31. The van der Waals surface area contributed by atoms with Gasteiger partial charge in [-0.25, -0.2) is 9.78 Å². The van der Waals surface area contributed by atoms with Gasteiger partial charge in [0.15, 0.2) is 0 Å². The fourth-order valence-corrected chi connectivity index (χ4v) is 1.69. The third-order valence-electron chi connectivity index (χ3n) is 2.74. The van der Waals surface area contributed by atoms with Gasteiger partial charge < -0.3 is 4.74 Å². The predicted octanol–water partition coefficient (Wildman–Crippen LogP) is 2.74. The first kappa shape index (κ1) is 13.5. The van der Waals surface area contributed by atoms with Crippen molar-refractivity contribution in [3.63, 3.8) is 0 Å². The number of nitrogens with zero attached hydrogens (tertiary/aromatic N) is 3. The van der Waals surface area contributed by atoms with E-state index in [1.165, 1.54) is 6.33 Å². The Morgan fingerprint density at radius 2 is 2.16 bits per heavy atom. The molecule has 0 amide bonds. The van der Waals surface area contributed by atoms with Gasteiger partial charge in [-0.05, 0) is 31.2 Å². The van der Waals surface area contributed by atoms with Gasteiger partial charge in [0.2, 0.25) is 0 Å². The van der Waals surface area contributed by atoms with E-state index in [-0.39, 0.29) is 12.0 Å². The van der Waals surface area contributed by atoms with Crippen molar-refractivity contribution in [2.45, 2.75) is 19.4 Å². The molecule has 0 unspecified atom stereocenters. The Morgan fingerprint density at radius 3 is 2.79 bits per heavy atom. The molecule has 5 nitrogen and oxygen atoms in total. The van der Waals surface area contributed by atoms with E-state index in [1.807, 2.05) is 6.92 Å². The zero-order valence-corrected chi connectivity index (χ0v) is 11.2. The first-order chi connectivity index (χ1) is 9.16. The van der Waals surface area contributed by atoms with Gasteiger partial charge >= 0.3 is 5.97 Å². The van der Waals surface area contributed by atoms with E-state index in [0.717, 1.165) is 0 Å². The van der Waals surface area contributed by atoms with E-state index in [9.17, 15) is 4.79 Å². The average Bonchev–Trinajstić information content (AvgIpc) is 2.93. The number of ether oxygens (including phenoxy) is 1. The maximum absolute atomic E-state index is 11.7. The van der Waals surface area contributed by atoms with Crippen LogP contribution in [0.15, 0.2) is 36.9 Å². The van der Waals surface area contributed by atoms with Gasteiger partial charge in [-0.3, -0.25) is 4.68 Å². The molecule has 0 saturated carbocycles. The second-order valence-corrected chi connectivity index (χ2v) is 4.59. The molecule has 0 aliphatic heterocycles. The number of benzene rings is 1. The molecule has 1 heterocycles. The van der Waals surface area contributed by atoms with Crippen molar-refractivity contribution >= 4 is 17.6 Å². The van der Waals surface area contributed by atoms with Crippen LogP contribution in [0.25, 0.3) is 0 Å². The number of aromatic nitrogens is 3. The SMILES string of the molecule is C[C@H](CCOC(=O)c1ccc(Cl)cc1)n1cncn1. The summed E-state index contributed by atoms with van der Waals surface area (Å²) in [4.78, 5) is 15.6. The predicted molar refractivity (Wildman–Crippen MR) is 71.1 cm³/mol. The first-order valence-electron chi connectivity index (χ1n) is 5.93. The largest absolute Gasteiger partial charge is 0.462 e. The average molecular weight is 280 g/mol. The summed E-state index contributed by atoms with van der Waals surface area (Å²) in [5.74, 6) is -0.345. The van der Waals surface area contributed by atoms with Crippen LogP contribution in [-0.4, -0.2) is 27.3 Å². The molecule has 0 aliphatic carbocycles. The smallest absolute Gasteiger partial charge is 0.338 e. The van der Waals surface area contributed by atoms with E-state index in [4.69, 9.17) is 16.3 Å². The van der Waals surface area contributed by atoms with Crippen LogP contribution in [0.4, 0.5) is 0 Å². The summed E-state index contributed by atoms with van der Waals surface area (Å²) in [5.41, 5.74) is 0.498. The molecule has 0 bridgehead atoms. The fraction of sp³-hybridized carbons (Fsp3) is 0.308. The van der Waals surface area contributed by atoms with Crippen LogP contribution in [0, 0.1) is 0 Å². The van der Waals surface area contributed by atoms with E-state index in [1.54, 1.807) is 35.3 Å². The molecule has 0 saturated heterocycles. The zero-order chi connectivity index (χ0) is 13.7. The minimum atomic E-state index is -0.345. The Kier molecular flexibility index (Phi) is 4.52. The molecule has 0 aliphatic rings. The van der Waals surface area contributed by atoms with Crippen LogP contribution in [-0.2, 0) is 4.74 Å². The highest BCUT2D eigenvalue weighted by atomic mass is 35.5. The number of carbonyl (C=O) groups is 1. The molecule has 2 rings (SSSR count). The van der Waals surface area contributed by atoms with E-state index >= 15 is 0 Å². The normalized spacial score (nSPS) is 12.1. The van der Waals surface area contributed by atoms with Crippen molar-refractivity contribution in [1.82, 2.24) is 14.8 Å². The topological polar surface area (TPSA) is 57.0 Å². The molecule has 2 aromatic rings. The molecule has 0 radical (unpaired) electrons. The lowest BCUT2D eigenvalue weighted by Gasteiger charge is -2.11. The number of carbonyl (C=O) groups excluding carboxylic acids is 1. The summed E-state index contributed by atoms with van der Waals surface area (Å²) >= 11 is 5.75. The third kappa shape index (κ3) is 3.79. The molecule has 0 spiro atoms. The quantitative estimate of drug-likeness (QED) is 0.790. The molecular weight excluding hydrogens is 266 g/mol. The summed E-state index contributed by atoms with van der Waals surface area (Å²) in [7, 11) is 0. The lowest BCUT2D eigenvalue weighted by molar-refractivity contribution is 0.0485. The van der Waals surface area contributed by atoms with Crippen LogP contribution in [0.5, 0.6) is 0 Å². The molecule has 100 valence electrons. The zero-order valence-electron chi connectivity index (χ0n) is 10.5. The number of esters is 1. The fourth-order valence-electron chi connectivity index (χ4n) is 1.57. The van der Waals surface area contributed by atoms with Gasteiger partial charge in [0, 0.05) is 11.4 Å². The Balaban J connectivity index is 1.79. The van der Waals surface area contributed by atoms with Gasteiger partial charge in [0.05, 0.1) is 18.2 Å². The van der Waals surface area contributed by atoms with E-state index in [0.29, 0.717) is 23.6 Å². The highest BCUT2D eigenvalue weighted by molar-refractivity contribution is 6.30. The number of hydrogen-bond acceptors (Lipinski definition) is 4. The van der Waals surface area contributed by atoms with Crippen molar-refractivity contribution in [2.24, 2.45) is 0 Å². The minimum Gasteiger partial charge on any atom is -0.462 e. The number of rotatable bonds is 5. The van der Waals surface area contributed by atoms with Crippen LogP contribution >= 0.6 is 11.6 Å². The molecule has 6 heteroatoms. The van der Waals surface area contributed by atoms with E-state index in [2.05, 4.69) is 10.1 Å². The van der Waals surface area contributed by atoms with Crippen molar-refractivity contribution in [1.29, 1.82) is 0 Å². The molecule has 1 atom stereocenters.